The number of piperidine rings is 1. The minimum Gasteiger partial charge on any atom is -0.444 e. The number of amides is 1. The van der Waals surface area contributed by atoms with Crippen molar-refractivity contribution in [3.05, 3.63) is 48.0 Å². The van der Waals surface area contributed by atoms with E-state index in [1.54, 1.807) is 0 Å². The molecule has 27 heavy (non-hydrogen) atoms. The quantitative estimate of drug-likeness (QED) is 0.687. The molecule has 4 nitrogen and oxygen atoms in total. The minimum absolute atomic E-state index is 0.0117. The minimum atomic E-state index is -0.492. The molecule has 2 aromatic carbocycles. The first-order chi connectivity index (χ1) is 12.8. The number of hydrogen-bond acceptors (Lipinski definition) is 3. The second-order valence-electron chi connectivity index (χ2n) is 8.87. The maximum Gasteiger partial charge on any atom is 0.410 e. The van der Waals surface area contributed by atoms with Crippen molar-refractivity contribution in [1.82, 2.24) is 4.90 Å². The zero-order valence-corrected chi connectivity index (χ0v) is 16.3. The molecule has 2 aliphatic heterocycles. The lowest BCUT2D eigenvalue weighted by atomic mass is 9.84. The van der Waals surface area contributed by atoms with Crippen LogP contribution in [0.25, 0.3) is 10.8 Å². The topological polar surface area (TPSA) is 46.6 Å². The number of nitrogens with zero attached hydrogens (tertiary/aromatic N) is 1. The third kappa shape index (κ3) is 3.58. The van der Waals surface area contributed by atoms with Gasteiger partial charge in [0.2, 0.25) is 0 Å². The number of fused-ring (bicyclic) bond motifs is 3. The molecule has 0 radical (unpaired) electrons. The zero-order valence-electron chi connectivity index (χ0n) is 16.3. The van der Waals surface area contributed by atoms with Crippen LogP contribution in [0.2, 0.25) is 0 Å². The van der Waals surface area contributed by atoms with Crippen LogP contribution in [0.15, 0.2) is 42.5 Å². The lowest BCUT2D eigenvalue weighted by molar-refractivity contribution is 0.00254. The van der Waals surface area contributed by atoms with E-state index in [1.165, 1.54) is 0 Å². The van der Waals surface area contributed by atoms with Crippen molar-refractivity contribution in [3.8, 4) is 0 Å². The Hall–Kier alpha value is -2.36. The highest BCUT2D eigenvalue weighted by atomic mass is 16.6. The molecule has 2 atom stereocenters. The van der Waals surface area contributed by atoms with Crippen molar-refractivity contribution in [3.63, 3.8) is 0 Å². The molecular formula is C23H27NO3. The van der Waals surface area contributed by atoms with E-state index in [-0.39, 0.29) is 29.9 Å². The Bertz CT molecular complexity index is 869. The summed E-state index contributed by atoms with van der Waals surface area (Å²) in [5, 5.41) is 2.24. The van der Waals surface area contributed by atoms with Crippen LogP contribution < -0.4 is 0 Å². The van der Waals surface area contributed by atoms with E-state index in [0.717, 1.165) is 42.0 Å². The number of carbonyl (C=O) groups excluding carboxylic acids is 2. The molecular weight excluding hydrogens is 338 g/mol. The number of rotatable bonds is 2. The van der Waals surface area contributed by atoms with Crippen molar-refractivity contribution in [2.45, 2.75) is 64.1 Å². The number of hydrogen-bond donors (Lipinski definition) is 0. The predicted octanol–water partition coefficient (Wildman–Crippen LogP) is 5.20. The van der Waals surface area contributed by atoms with E-state index < -0.39 is 5.60 Å². The van der Waals surface area contributed by atoms with E-state index in [1.807, 2.05) is 62.1 Å². The van der Waals surface area contributed by atoms with Gasteiger partial charge in [0.15, 0.2) is 5.78 Å². The first-order valence-corrected chi connectivity index (χ1v) is 9.86. The number of Topliss-reactive ketones (excluding diaryl/α,β-unsaturated/α-hetero) is 1. The fourth-order valence-corrected chi connectivity index (χ4v) is 4.58. The van der Waals surface area contributed by atoms with Crippen LogP contribution in [-0.2, 0) is 4.74 Å². The fraction of sp³-hybridized carbons (Fsp3) is 0.478. The fourth-order valence-electron chi connectivity index (χ4n) is 4.58. The molecule has 142 valence electrons. The third-order valence-corrected chi connectivity index (χ3v) is 5.74. The van der Waals surface area contributed by atoms with E-state index in [2.05, 4.69) is 6.07 Å². The van der Waals surface area contributed by atoms with Crippen LogP contribution in [0.4, 0.5) is 4.79 Å². The highest BCUT2D eigenvalue weighted by Gasteiger charge is 2.46. The van der Waals surface area contributed by atoms with E-state index in [4.69, 9.17) is 4.74 Å². The van der Waals surface area contributed by atoms with Gasteiger partial charge in [0, 0.05) is 23.6 Å². The molecule has 0 spiro atoms. The molecule has 2 saturated heterocycles. The first-order valence-electron chi connectivity index (χ1n) is 9.86. The Morgan fingerprint density at radius 2 is 1.59 bits per heavy atom. The maximum absolute atomic E-state index is 13.1. The molecule has 2 unspecified atom stereocenters. The normalized spacial score (nSPS) is 24.9. The predicted molar refractivity (Wildman–Crippen MR) is 106 cm³/mol. The van der Waals surface area contributed by atoms with Gasteiger partial charge in [-0.15, -0.1) is 0 Å². The van der Waals surface area contributed by atoms with Crippen molar-refractivity contribution in [1.29, 1.82) is 0 Å². The van der Waals surface area contributed by atoms with Gasteiger partial charge in [0.05, 0.1) is 0 Å². The summed E-state index contributed by atoms with van der Waals surface area (Å²) < 4.78 is 5.59. The van der Waals surface area contributed by atoms with Gasteiger partial charge in [-0.1, -0.05) is 36.4 Å². The van der Waals surface area contributed by atoms with Crippen LogP contribution in [0.1, 0.15) is 56.8 Å². The summed E-state index contributed by atoms with van der Waals surface area (Å²) in [6, 6.07) is 14.3. The summed E-state index contributed by atoms with van der Waals surface area (Å²) in [7, 11) is 0. The summed E-state index contributed by atoms with van der Waals surface area (Å²) in [6.45, 7) is 5.68. The molecule has 2 aliphatic rings. The monoisotopic (exact) mass is 365 g/mol. The van der Waals surface area contributed by atoms with Crippen LogP contribution in [0.5, 0.6) is 0 Å². The highest BCUT2D eigenvalue weighted by Crippen LogP contribution is 2.40. The summed E-state index contributed by atoms with van der Waals surface area (Å²) in [4.78, 5) is 27.6. The first kappa shape index (κ1) is 18.0. The average Bonchev–Trinajstić information content (AvgIpc) is 2.89. The standard InChI is InChI=1S/C23H27NO3/c1-23(2,3)27-22(26)24-19-10-11-20(24)14-18(13-19)21(25)17-9-8-15-6-4-5-7-16(15)12-17/h4-9,12,18-20H,10-11,13-14H2,1-3H3. The van der Waals surface area contributed by atoms with Crippen LogP contribution in [0.3, 0.4) is 0 Å². The van der Waals surface area contributed by atoms with Crippen molar-refractivity contribution in [2.24, 2.45) is 5.92 Å². The molecule has 2 aromatic rings. The lowest BCUT2D eigenvalue weighted by Gasteiger charge is -2.39. The Balaban J connectivity index is 1.50. The summed E-state index contributed by atoms with van der Waals surface area (Å²) in [5.74, 6) is 0.198. The Labute approximate surface area is 160 Å². The molecule has 4 heteroatoms. The lowest BCUT2D eigenvalue weighted by Crippen LogP contribution is -2.49. The van der Waals surface area contributed by atoms with Crippen LogP contribution in [0, 0.1) is 5.92 Å². The van der Waals surface area contributed by atoms with Gasteiger partial charge >= 0.3 is 6.09 Å². The number of benzene rings is 2. The molecule has 0 aromatic heterocycles. The molecule has 2 bridgehead atoms. The van der Waals surface area contributed by atoms with Gasteiger partial charge in [-0.05, 0) is 63.3 Å². The maximum atomic E-state index is 13.1. The van der Waals surface area contributed by atoms with E-state index in [9.17, 15) is 9.59 Å². The summed E-state index contributed by atoms with van der Waals surface area (Å²) >= 11 is 0. The highest BCUT2D eigenvalue weighted by molar-refractivity contribution is 6.01. The van der Waals surface area contributed by atoms with Crippen LogP contribution >= 0.6 is 0 Å². The summed E-state index contributed by atoms with van der Waals surface area (Å²) in [5.41, 5.74) is 0.290. The molecule has 0 saturated carbocycles. The Morgan fingerprint density at radius 3 is 2.22 bits per heavy atom. The second-order valence-corrected chi connectivity index (χ2v) is 8.87. The van der Waals surface area contributed by atoms with Gasteiger partial charge in [-0.3, -0.25) is 4.79 Å². The Morgan fingerprint density at radius 1 is 0.963 bits per heavy atom. The Kier molecular flexibility index (Phi) is 4.45. The third-order valence-electron chi connectivity index (χ3n) is 5.74. The smallest absolute Gasteiger partial charge is 0.410 e. The second kappa shape index (κ2) is 6.66. The molecule has 4 rings (SSSR count). The number of ketones is 1. The van der Waals surface area contributed by atoms with Crippen LogP contribution in [-0.4, -0.2) is 34.5 Å². The van der Waals surface area contributed by atoms with Crippen molar-refractivity contribution >= 4 is 22.6 Å². The molecule has 0 N–H and O–H groups in total. The largest absolute Gasteiger partial charge is 0.444 e. The van der Waals surface area contributed by atoms with Gasteiger partial charge in [-0.25, -0.2) is 4.79 Å². The van der Waals surface area contributed by atoms with Crippen molar-refractivity contribution < 1.29 is 14.3 Å². The average molecular weight is 365 g/mol. The molecule has 2 fully saturated rings. The zero-order chi connectivity index (χ0) is 19.2. The SMILES string of the molecule is CC(C)(C)OC(=O)N1C2CCC1CC(C(=O)c1ccc3ccccc3c1)C2. The number of ether oxygens (including phenoxy) is 1. The molecule has 1 amide bonds. The molecule has 2 heterocycles. The van der Waals surface area contributed by atoms with Crippen molar-refractivity contribution in [2.75, 3.05) is 0 Å². The van der Waals surface area contributed by atoms with Gasteiger partial charge in [-0.2, -0.15) is 0 Å². The molecule has 0 aliphatic carbocycles. The summed E-state index contributed by atoms with van der Waals surface area (Å²) in [6.07, 6.45) is 3.17. The number of carbonyl (C=O) groups is 2. The van der Waals surface area contributed by atoms with Gasteiger partial charge in [0.25, 0.3) is 0 Å². The van der Waals surface area contributed by atoms with Gasteiger partial charge in [0.1, 0.15) is 5.60 Å². The van der Waals surface area contributed by atoms with E-state index >= 15 is 0 Å². The van der Waals surface area contributed by atoms with Gasteiger partial charge < -0.3 is 9.64 Å². The van der Waals surface area contributed by atoms with E-state index in [0.29, 0.717) is 0 Å².